The lowest BCUT2D eigenvalue weighted by molar-refractivity contribution is -0.121. The number of imidazole rings is 1. The van der Waals surface area contributed by atoms with Gasteiger partial charge in [0.05, 0.1) is 46.5 Å². The maximum Gasteiger partial charge on any atom is 0.334 e. The summed E-state index contributed by atoms with van der Waals surface area (Å²) in [4.78, 5) is 34.8. The molecule has 0 aliphatic carbocycles. The molecule has 1 aromatic carbocycles. The van der Waals surface area contributed by atoms with Crippen LogP contribution in [0.5, 0.6) is 0 Å². The summed E-state index contributed by atoms with van der Waals surface area (Å²) < 4.78 is 4.80. The minimum atomic E-state index is -0.534. The number of pyridine rings is 2. The predicted molar refractivity (Wildman–Crippen MR) is 131 cm³/mol. The second-order valence-corrected chi connectivity index (χ2v) is 8.77. The zero-order valence-corrected chi connectivity index (χ0v) is 19.6. The van der Waals surface area contributed by atoms with Gasteiger partial charge in [-0.2, -0.15) is 5.10 Å². The van der Waals surface area contributed by atoms with Crippen molar-refractivity contribution in [1.29, 1.82) is 0 Å². The number of hydrogen-bond acceptors (Lipinski definition) is 5. The van der Waals surface area contributed by atoms with E-state index in [1.54, 1.807) is 41.0 Å². The number of halogens is 1. The highest BCUT2D eigenvalue weighted by atomic mass is 35.5. The smallest absolute Gasteiger partial charge is 0.334 e. The van der Waals surface area contributed by atoms with Crippen LogP contribution in [-0.2, 0) is 18.4 Å². The lowest BCUT2D eigenvalue weighted by Gasteiger charge is -2.07. The fraction of sp³-hybridized carbons (Fsp3) is 0.208. The zero-order chi connectivity index (χ0) is 24.0. The van der Waals surface area contributed by atoms with E-state index in [0.717, 1.165) is 33.2 Å². The summed E-state index contributed by atoms with van der Waals surface area (Å²) in [5.41, 5.74) is 4.52. The SMILES string of the molecule is Cc1cccc2c1n(-c1ccc(-c3cncc4c3cnn4C)nc1)c(=O)n2CC(=O)N[C@H](C)Cl. The highest BCUT2D eigenvalue weighted by molar-refractivity contribution is 6.21. The molecule has 4 aromatic heterocycles. The number of benzene rings is 1. The van der Waals surface area contributed by atoms with Gasteiger partial charge < -0.3 is 5.32 Å². The number of rotatable bonds is 5. The van der Waals surface area contributed by atoms with Crippen molar-refractivity contribution in [2.45, 2.75) is 25.9 Å². The van der Waals surface area contributed by atoms with Gasteiger partial charge in [-0.15, -0.1) is 0 Å². The Hall–Kier alpha value is -3.98. The fourth-order valence-electron chi connectivity index (χ4n) is 4.22. The maximum absolute atomic E-state index is 13.5. The summed E-state index contributed by atoms with van der Waals surface area (Å²) in [6.45, 7) is 3.45. The number of nitrogens with zero attached hydrogens (tertiary/aromatic N) is 6. The summed E-state index contributed by atoms with van der Waals surface area (Å²) in [7, 11) is 1.86. The molecule has 0 aliphatic heterocycles. The summed E-state index contributed by atoms with van der Waals surface area (Å²) in [5.74, 6) is -0.337. The Labute approximate surface area is 199 Å². The fourth-order valence-corrected chi connectivity index (χ4v) is 4.34. The van der Waals surface area contributed by atoms with Gasteiger partial charge in [0.25, 0.3) is 0 Å². The third-order valence-electron chi connectivity index (χ3n) is 5.77. The molecule has 10 heteroatoms. The summed E-state index contributed by atoms with van der Waals surface area (Å²) in [6, 6.07) is 9.32. The molecule has 0 saturated heterocycles. The van der Waals surface area contributed by atoms with Crippen molar-refractivity contribution in [3.05, 3.63) is 71.2 Å². The zero-order valence-electron chi connectivity index (χ0n) is 18.9. The first kappa shape index (κ1) is 21.8. The van der Waals surface area contributed by atoms with Crippen molar-refractivity contribution < 1.29 is 4.79 Å². The van der Waals surface area contributed by atoms with Crippen LogP contribution in [0.2, 0.25) is 0 Å². The van der Waals surface area contributed by atoms with E-state index in [9.17, 15) is 9.59 Å². The molecule has 0 fully saturated rings. The van der Waals surface area contributed by atoms with Crippen molar-refractivity contribution in [3.63, 3.8) is 0 Å². The van der Waals surface area contributed by atoms with Crippen LogP contribution in [0.3, 0.4) is 0 Å². The average Bonchev–Trinajstić information content (AvgIpc) is 3.32. The van der Waals surface area contributed by atoms with Gasteiger partial charge >= 0.3 is 5.69 Å². The largest absolute Gasteiger partial charge is 0.339 e. The molecule has 1 N–H and O–H groups in total. The van der Waals surface area contributed by atoms with Crippen molar-refractivity contribution in [3.8, 4) is 16.9 Å². The van der Waals surface area contributed by atoms with Crippen molar-refractivity contribution in [2.75, 3.05) is 0 Å². The first-order valence-electron chi connectivity index (χ1n) is 10.7. The van der Waals surface area contributed by atoms with Gasteiger partial charge in [-0.25, -0.2) is 4.79 Å². The van der Waals surface area contributed by atoms with Crippen LogP contribution in [0.4, 0.5) is 0 Å². The van der Waals surface area contributed by atoms with Crippen LogP contribution < -0.4 is 11.0 Å². The molecule has 5 rings (SSSR count). The minimum Gasteiger partial charge on any atom is -0.339 e. The monoisotopic (exact) mass is 475 g/mol. The third kappa shape index (κ3) is 3.63. The molecule has 1 atom stereocenters. The van der Waals surface area contributed by atoms with Crippen LogP contribution in [0, 0.1) is 6.92 Å². The first-order valence-corrected chi connectivity index (χ1v) is 11.2. The molecule has 0 radical (unpaired) electrons. The molecular formula is C24H22ClN7O2. The minimum absolute atomic E-state index is 0.136. The molecule has 9 nitrogen and oxygen atoms in total. The van der Waals surface area contributed by atoms with E-state index >= 15 is 0 Å². The molecule has 1 amide bonds. The second kappa shape index (κ2) is 8.42. The molecular weight excluding hydrogens is 454 g/mol. The van der Waals surface area contributed by atoms with E-state index in [2.05, 4.69) is 20.4 Å². The lowest BCUT2D eigenvalue weighted by atomic mass is 10.1. The standard InChI is InChI=1S/C24H22ClN7O2/c1-14-5-4-6-20-23(14)32(24(34)31(20)13-22(33)29-15(2)25)16-7-8-19(27-9-16)17-10-26-12-21-18(17)11-28-30(21)3/h4-12,15H,13H2,1-3H3,(H,29,33)/t15-/m1/s1. The highest BCUT2D eigenvalue weighted by Gasteiger charge is 2.19. The summed E-state index contributed by atoms with van der Waals surface area (Å²) in [5, 5.41) is 7.87. The highest BCUT2D eigenvalue weighted by Crippen LogP contribution is 2.27. The third-order valence-corrected chi connectivity index (χ3v) is 5.88. The van der Waals surface area contributed by atoms with Crippen LogP contribution in [-0.4, -0.2) is 40.3 Å². The van der Waals surface area contributed by atoms with E-state index in [4.69, 9.17) is 11.6 Å². The molecule has 5 aromatic rings. The van der Waals surface area contributed by atoms with Crippen molar-refractivity contribution in [1.82, 2.24) is 34.2 Å². The Morgan fingerprint density at radius 1 is 1.12 bits per heavy atom. The Morgan fingerprint density at radius 2 is 1.94 bits per heavy atom. The van der Waals surface area contributed by atoms with E-state index in [1.165, 1.54) is 4.57 Å². The van der Waals surface area contributed by atoms with Gasteiger partial charge in [-0.3, -0.25) is 28.6 Å². The normalized spacial score (nSPS) is 12.4. The summed E-state index contributed by atoms with van der Waals surface area (Å²) in [6.07, 6.45) is 6.96. The number of aromatic nitrogens is 6. The number of para-hydroxylation sites is 1. The molecule has 0 bridgehead atoms. The van der Waals surface area contributed by atoms with Crippen LogP contribution >= 0.6 is 11.6 Å². The van der Waals surface area contributed by atoms with Gasteiger partial charge in [0.1, 0.15) is 12.0 Å². The summed E-state index contributed by atoms with van der Waals surface area (Å²) >= 11 is 5.88. The van der Waals surface area contributed by atoms with Gasteiger partial charge in [0, 0.05) is 24.2 Å². The number of alkyl halides is 1. The van der Waals surface area contributed by atoms with Gasteiger partial charge in [-0.1, -0.05) is 23.7 Å². The van der Waals surface area contributed by atoms with E-state index < -0.39 is 5.50 Å². The van der Waals surface area contributed by atoms with Crippen molar-refractivity contribution >= 4 is 39.4 Å². The molecule has 0 aliphatic rings. The number of aryl methyl sites for hydroxylation is 2. The van der Waals surface area contributed by atoms with Crippen LogP contribution in [0.1, 0.15) is 12.5 Å². The van der Waals surface area contributed by atoms with Crippen LogP contribution in [0.15, 0.2) is 59.9 Å². The lowest BCUT2D eigenvalue weighted by Crippen LogP contribution is -2.35. The molecule has 0 unspecified atom stereocenters. The van der Waals surface area contributed by atoms with Crippen molar-refractivity contribution in [2.24, 2.45) is 7.05 Å². The van der Waals surface area contributed by atoms with Gasteiger partial charge in [0.15, 0.2) is 0 Å². The topological polar surface area (TPSA) is 99.6 Å². The first-order chi connectivity index (χ1) is 16.3. The molecule has 0 saturated carbocycles. The molecule has 4 heterocycles. The number of carbonyl (C=O) groups is 1. The van der Waals surface area contributed by atoms with E-state index in [0.29, 0.717) is 11.2 Å². The second-order valence-electron chi connectivity index (χ2n) is 8.12. The van der Waals surface area contributed by atoms with Gasteiger partial charge in [-0.05, 0) is 37.6 Å². The molecule has 34 heavy (non-hydrogen) atoms. The number of nitrogens with one attached hydrogen (secondary N) is 1. The number of hydrogen-bond donors (Lipinski definition) is 1. The van der Waals surface area contributed by atoms with Crippen LogP contribution in [0.25, 0.3) is 38.9 Å². The molecule has 0 spiro atoms. The Balaban J connectivity index is 1.61. The van der Waals surface area contributed by atoms with E-state index in [-0.39, 0.29) is 18.1 Å². The number of fused-ring (bicyclic) bond motifs is 2. The Morgan fingerprint density at radius 3 is 2.68 bits per heavy atom. The Kier molecular flexibility index (Phi) is 5.41. The maximum atomic E-state index is 13.5. The number of amides is 1. The average molecular weight is 476 g/mol. The van der Waals surface area contributed by atoms with Gasteiger partial charge in [0.2, 0.25) is 5.91 Å². The quantitative estimate of drug-likeness (QED) is 0.311. The number of carbonyl (C=O) groups excluding carboxylic acids is 1. The molecule has 172 valence electrons. The predicted octanol–water partition coefficient (Wildman–Crippen LogP) is 3.15. The van der Waals surface area contributed by atoms with E-state index in [1.807, 2.05) is 44.3 Å². The Bertz CT molecular complexity index is 1600.